The average Bonchev–Trinajstić information content (AvgIpc) is 2.80. The Kier molecular flexibility index (Phi) is 3.07. The van der Waals surface area contributed by atoms with Crippen LogP contribution in [0, 0.1) is 11.3 Å². The molecule has 0 radical (unpaired) electrons. The molecule has 0 aliphatic rings. The number of rotatable bonds is 2. The summed E-state index contributed by atoms with van der Waals surface area (Å²) < 4.78 is 1.90. The zero-order valence-corrected chi connectivity index (χ0v) is 11.3. The fraction of sp³-hybridized carbons (Fsp3) is 0. The minimum atomic E-state index is 0.561. The molecule has 0 unspecified atom stereocenters. The first-order valence-corrected chi connectivity index (χ1v) is 7.08. The van der Waals surface area contributed by atoms with Gasteiger partial charge in [-0.1, -0.05) is 0 Å². The highest BCUT2D eigenvalue weighted by Crippen LogP contribution is 2.35. The van der Waals surface area contributed by atoms with Crippen molar-refractivity contribution in [2.45, 2.75) is 9.37 Å². The summed E-state index contributed by atoms with van der Waals surface area (Å²) in [5.74, 6) is 0. The molecule has 6 heteroatoms. The first-order chi connectivity index (χ1) is 9.26. The van der Waals surface area contributed by atoms with Crippen molar-refractivity contribution in [1.82, 2.24) is 9.97 Å². The molecular formula is C13H8N4S2. The molecule has 0 amide bonds. The number of thiazole rings is 1. The summed E-state index contributed by atoms with van der Waals surface area (Å²) in [4.78, 5) is 8.72. The van der Waals surface area contributed by atoms with Crippen LogP contribution in [0.4, 0.5) is 5.69 Å². The summed E-state index contributed by atoms with van der Waals surface area (Å²) in [6.07, 6.45) is 1.68. The zero-order valence-electron chi connectivity index (χ0n) is 9.70. The van der Waals surface area contributed by atoms with E-state index < -0.39 is 0 Å². The van der Waals surface area contributed by atoms with Crippen LogP contribution >= 0.6 is 23.1 Å². The number of anilines is 1. The van der Waals surface area contributed by atoms with Gasteiger partial charge < -0.3 is 5.73 Å². The maximum absolute atomic E-state index is 9.04. The van der Waals surface area contributed by atoms with Crippen molar-refractivity contribution < 1.29 is 0 Å². The Labute approximate surface area is 117 Å². The molecule has 2 heterocycles. The molecular weight excluding hydrogens is 276 g/mol. The Morgan fingerprint density at radius 2 is 2.21 bits per heavy atom. The summed E-state index contributed by atoms with van der Waals surface area (Å²) in [6, 6.07) is 11.3. The molecule has 19 heavy (non-hydrogen) atoms. The minimum Gasteiger partial charge on any atom is -0.399 e. The number of nitrogens with two attached hydrogens (primary N) is 1. The van der Waals surface area contributed by atoms with Gasteiger partial charge in [-0.05, 0) is 42.1 Å². The lowest BCUT2D eigenvalue weighted by Gasteiger charge is -1.97. The van der Waals surface area contributed by atoms with Crippen molar-refractivity contribution in [3.63, 3.8) is 0 Å². The van der Waals surface area contributed by atoms with Gasteiger partial charge in [0.2, 0.25) is 0 Å². The molecule has 0 saturated carbocycles. The van der Waals surface area contributed by atoms with Crippen molar-refractivity contribution in [2.75, 3.05) is 5.73 Å². The van der Waals surface area contributed by atoms with Crippen LogP contribution in [-0.2, 0) is 0 Å². The highest BCUT2D eigenvalue weighted by atomic mass is 32.2. The topological polar surface area (TPSA) is 75.6 Å². The molecule has 0 atom stereocenters. The summed E-state index contributed by atoms with van der Waals surface area (Å²) >= 11 is 2.95. The number of benzene rings is 1. The van der Waals surface area contributed by atoms with E-state index in [1.165, 1.54) is 11.8 Å². The van der Waals surface area contributed by atoms with E-state index in [-0.39, 0.29) is 0 Å². The number of nitrogens with zero attached hydrogens (tertiary/aromatic N) is 3. The number of nitrogen functional groups attached to an aromatic ring is 1. The van der Waals surface area contributed by atoms with Crippen LogP contribution in [0.2, 0.25) is 0 Å². The molecule has 0 fully saturated rings. The van der Waals surface area contributed by atoms with Crippen LogP contribution < -0.4 is 5.73 Å². The maximum Gasteiger partial charge on any atom is 0.157 e. The molecule has 92 valence electrons. The molecule has 0 saturated heterocycles. The number of pyridine rings is 1. The highest BCUT2D eigenvalue weighted by molar-refractivity contribution is 8.01. The number of hydrogen-bond acceptors (Lipinski definition) is 6. The summed E-state index contributed by atoms with van der Waals surface area (Å²) in [5.41, 5.74) is 7.95. The second-order valence-corrected chi connectivity index (χ2v) is 6.04. The van der Waals surface area contributed by atoms with Crippen LogP contribution in [0.25, 0.3) is 10.2 Å². The van der Waals surface area contributed by atoms with Crippen molar-refractivity contribution in [2.24, 2.45) is 0 Å². The molecule has 0 spiro atoms. The van der Waals surface area contributed by atoms with Gasteiger partial charge in [-0.25, -0.2) is 9.97 Å². The predicted octanol–water partition coefficient (Wildman–Crippen LogP) is 3.30. The number of aromatic nitrogens is 2. The minimum absolute atomic E-state index is 0.561. The largest absolute Gasteiger partial charge is 0.399 e. The van der Waals surface area contributed by atoms with E-state index in [4.69, 9.17) is 11.0 Å². The maximum atomic E-state index is 9.04. The van der Waals surface area contributed by atoms with Crippen LogP contribution in [-0.4, -0.2) is 9.97 Å². The lowest BCUT2D eigenvalue weighted by molar-refractivity contribution is 1.11. The van der Waals surface area contributed by atoms with E-state index in [2.05, 4.69) is 16.0 Å². The molecule has 0 bridgehead atoms. The van der Waals surface area contributed by atoms with Gasteiger partial charge in [-0.3, -0.25) is 0 Å². The van der Waals surface area contributed by atoms with E-state index in [9.17, 15) is 0 Å². The van der Waals surface area contributed by atoms with E-state index in [0.29, 0.717) is 10.6 Å². The predicted molar refractivity (Wildman–Crippen MR) is 77.1 cm³/mol. The molecule has 4 nitrogen and oxygen atoms in total. The SMILES string of the molecule is N#Cc1cccnc1Sc1nc2ccc(N)cc2s1. The fourth-order valence-electron chi connectivity index (χ4n) is 1.60. The Morgan fingerprint density at radius 1 is 1.32 bits per heavy atom. The molecule has 3 aromatic rings. The number of fused-ring (bicyclic) bond motifs is 1. The second-order valence-electron chi connectivity index (χ2n) is 3.78. The first-order valence-electron chi connectivity index (χ1n) is 5.45. The fourth-order valence-corrected chi connectivity index (χ4v) is 3.67. The number of hydrogen-bond donors (Lipinski definition) is 1. The van der Waals surface area contributed by atoms with Gasteiger partial charge in [0.1, 0.15) is 11.1 Å². The van der Waals surface area contributed by atoms with Crippen molar-refractivity contribution in [3.8, 4) is 6.07 Å². The second kappa shape index (κ2) is 4.88. The quantitative estimate of drug-likeness (QED) is 0.731. The van der Waals surface area contributed by atoms with E-state index in [1.807, 2.05) is 18.2 Å². The normalized spacial score (nSPS) is 10.5. The lowest BCUT2D eigenvalue weighted by Crippen LogP contribution is -1.84. The summed E-state index contributed by atoms with van der Waals surface area (Å²) in [6.45, 7) is 0. The average molecular weight is 284 g/mol. The van der Waals surface area contributed by atoms with Crippen LogP contribution in [0.3, 0.4) is 0 Å². The van der Waals surface area contributed by atoms with Crippen molar-refractivity contribution >= 4 is 39.0 Å². The standard InChI is InChI=1S/C13H8N4S2/c14-7-8-2-1-5-16-12(8)19-13-17-10-4-3-9(15)6-11(10)18-13/h1-6H,15H2. The molecule has 0 aliphatic heterocycles. The lowest BCUT2D eigenvalue weighted by atomic mass is 10.3. The van der Waals surface area contributed by atoms with E-state index in [0.717, 1.165) is 20.2 Å². The third-order valence-corrected chi connectivity index (χ3v) is 4.57. The first kappa shape index (κ1) is 12.0. The van der Waals surface area contributed by atoms with Crippen LogP contribution in [0.5, 0.6) is 0 Å². The van der Waals surface area contributed by atoms with Crippen molar-refractivity contribution in [1.29, 1.82) is 5.26 Å². The van der Waals surface area contributed by atoms with Crippen molar-refractivity contribution in [3.05, 3.63) is 42.1 Å². The van der Waals surface area contributed by atoms with Crippen LogP contribution in [0.15, 0.2) is 45.9 Å². The van der Waals surface area contributed by atoms with Gasteiger partial charge in [0.25, 0.3) is 0 Å². The summed E-state index contributed by atoms with van der Waals surface area (Å²) in [5, 5.41) is 9.71. The zero-order chi connectivity index (χ0) is 13.2. The van der Waals surface area contributed by atoms with Gasteiger partial charge >= 0.3 is 0 Å². The molecule has 1 aromatic carbocycles. The Morgan fingerprint density at radius 3 is 3.05 bits per heavy atom. The highest BCUT2D eigenvalue weighted by Gasteiger charge is 2.09. The third kappa shape index (κ3) is 2.38. The Hall–Kier alpha value is -2.10. The van der Waals surface area contributed by atoms with E-state index >= 15 is 0 Å². The smallest absolute Gasteiger partial charge is 0.157 e. The molecule has 3 rings (SSSR count). The Bertz CT molecular complexity index is 789. The Balaban J connectivity index is 1.99. The van der Waals surface area contributed by atoms with Gasteiger partial charge in [-0.2, -0.15) is 5.26 Å². The molecule has 0 aliphatic carbocycles. The van der Waals surface area contributed by atoms with Gasteiger partial charge in [0, 0.05) is 11.9 Å². The van der Waals surface area contributed by atoms with Gasteiger partial charge in [0.05, 0.1) is 15.8 Å². The molecule has 2 N–H and O–H groups in total. The third-order valence-electron chi connectivity index (χ3n) is 2.47. The van der Waals surface area contributed by atoms with Crippen LogP contribution in [0.1, 0.15) is 5.56 Å². The summed E-state index contributed by atoms with van der Waals surface area (Å²) in [7, 11) is 0. The molecule has 2 aromatic heterocycles. The van der Waals surface area contributed by atoms with Gasteiger partial charge in [-0.15, -0.1) is 11.3 Å². The number of nitriles is 1. The van der Waals surface area contributed by atoms with E-state index in [1.54, 1.807) is 29.7 Å². The van der Waals surface area contributed by atoms with Gasteiger partial charge in [0.15, 0.2) is 4.34 Å². The monoisotopic (exact) mass is 284 g/mol.